The molecule has 0 saturated heterocycles. The number of aromatic nitrogens is 1. The van der Waals surface area contributed by atoms with Gasteiger partial charge in [-0.25, -0.2) is 13.1 Å². The minimum Gasteiger partial charge on any atom is -0.360 e. The zero-order valence-corrected chi connectivity index (χ0v) is 17.0. The second-order valence-electron chi connectivity index (χ2n) is 6.30. The second kappa shape index (κ2) is 8.78. The highest BCUT2D eigenvalue weighted by atomic mass is 32.2. The molecule has 0 fully saturated rings. The summed E-state index contributed by atoms with van der Waals surface area (Å²) in [6.07, 6.45) is 0. The molecular formula is C20H18N4O5S. The van der Waals surface area contributed by atoms with Crippen molar-refractivity contribution in [3.8, 4) is 22.4 Å². The van der Waals surface area contributed by atoms with E-state index in [1.807, 2.05) is 35.1 Å². The molecule has 1 N–H and O–H groups in total. The maximum atomic E-state index is 12.4. The molecule has 0 saturated carbocycles. The van der Waals surface area contributed by atoms with E-state index in [9.17, 15) is 18.0 Å². The van der Waals surface area contributed by atoms with E-state index in [0.29, 0.717) is 17.0 Å². The van der Waals surface area contributed by atoms with Crippen molar-refractivity contribution >= 4 is 21.8 Å². The predicted molar refractivity (Wildman–Crippen MR) is 108 cm³/mol. The molecule has 0 spiro atoms. The highest BCUT2D eigenvalue weighted by molar-refractivity contribution is 7.90. The van der Waals surface area contributed by atoms with Gasteiger partial charge in [0, 0.05) is 12.5 Å². The highest BCUT2D eigenvalue weighted by Gasteiger charge is 2.20. The summed E-state index contributed by atoms with van der Waals surface area (Å²) in [7, 11) is -4.09. The molecule has 9 nitrogen and oxygen atoms in total. The lowest BCUT2D eigenvalue weighted by Gasteiger charge is -2.07. The van der Waals surface area contributed by atoms with Gasteiger partial charge in [0.2, 0.25) is 0 Å². The Bertz CT molecular complexity index is 1200. The zero-order valence-electron chi connectivity index (χ0n) is 16.2. The minimum atomic E-state index is -4.09. The van der Waals surface area contributed by atoms with Gasteiger partial charge in [-0.15, -0.1) is 5.11 Å². The van der Waals surface area contributed by atoms with Crippen LogP contribution in [0.4, 0.5) is 0 Å². The third kappa shape index (κ3) is 4.84. The zero-order chi connectivity index (χ0) is 21.7. The van der Waals surface area contributed by atoms with Crippen molar-refractivity contribution in [2.24, 2.45) is 10.2 Å². The van der Waals surface area contributed by atoms with Gasteiger partial charge in [-0.2, -0.15) is 5.11 Å². The van der Waals surface area contributed by atoms with Crippen molar-refractivity contribution in [3.63, 3.8) is 0 Å². The van der Waals surface area contributed by atoms with Crippen LogP contribution < -0.4 is 4.72 Å². The third-order valence-electron chi connectivity index (χ3n) is 4.04. The number of sulfonamides is 1. The average molecular weight is 426 g/mol. The maximum Gasteiger partial charge on any atom is 0.264 e. The van der Waals surface area contributed by atoms with Crippen LogP contribution in [0, 0.1) is 6.92 Å². The normalized spacial score (nSPS) is 11.5. The predicted octanol–water partition coefficient (Wildman–Crippen LogP) is 3.12. The molecule has 1 aromatic heterocycles. The number of hydrogen-bond donors (Lipinski definition) is 1. The molecule has 154 valence electrons. The molecular weight excluding hydrogens is 408 g/mol. The van der Waals surface area contributed by atoms with Gasteiger partial charge in [0.05, 0.1) is 10.5 Å². The summed E-state index contributed by atoms with van der Waals surface area (Å²) in [5.41, 5.74) is 2.98. The van der Waals surface area contributed by atoms with Gasteiger partial charge in [-0.05, 0) is 24.6 Å². The average Bonchev–Trinajstić information content (AvgIpc) is 3.09. The number of carbonyl (C=O) groups is 2. The fraction of sp³-hybridized carbons (Fsp3) is 0.150. The van der Waals surface area contributed by atoms with E-state index in [1.54, 1.807) is 19.1 Å². The molecule has 2 amide bonds. The Morgan fingerprint density at radius 1 is 1.03 bits per heavy atom. The number of azo groups is 1. The SMILES string of the molecule is CC(=O)/N=N/CC(=O)NS(=O)(=O)c1ccc(-c2c(-c3ccccc3)noc2C)cc1. The van der Waals surface area contributed by atoms with Crippen molar-refractivity contribution < 1.29 is 22.5 Å². The topological polar surface area (TPSA) is 131 Å². The van der Waals surface area contributed by atoms with E-state index in [-0.39, 0.29) is 4.90 Å². The van der Waals surface area contributed by atoms with Crippen LogP contribution in [0.3, 0.4) is 0 Å². The van der Waals surface area contributed by atoms with E-state index in [0.717, 1.165) is 11.1 Å². The lowest BCUT2D eigenvalue weighted by Crippen LogP contribution is -2.32. The second-order valence-corrected chi connectivity index (χ2v) is 7.98. The van der Waals surface area contributed by atoms with Gasteiger partial charge in [-0.3, -0.25) is 9.59 Å². The monoisotopic (exact) mass is 426 g/mol. The Labute approximate surface area is 172 Å². The molecule has 0 radical (unpaired) electrons. The van der Waals surface area contributed by atoms with Gasteiger partial charge in [0.1, 0.15) is 18.0 Å². The summed E-state index contributed by atoms with van der Waals surface area (Å²) < 4.78 is 32.0. The fourth-order valence-electron chi connectivity index (χ4n) is 2.75. The number of aryl methyl sites for hydroxylation is 1. The summed E-state index contributed by atoms with van der Waals surface area (Å²) >= 11 is 0. The van der Waals surface area contributed by atoms with Crippen LogP contribution in [0.5, 0.6) is 0 Å². The maximum absolute atomic E-state index is 12.4. The van der Waals surface area contributed by atoms with Crippen LogP contribution >= 0.6 is 0 Å². The number of rotatable bonds is 6. The first kappa shape index (κ1) is 21.1. The van der Waals surface area contributed by atoms with Crippen LogP contribution in [0.1, 0.15) is 12.7 Å². The molecule has 10 heteroatoms. The summed E-state index contributed by atoms with van der Waals surface area (Å²) in [6, 6.07) is 15.4. The molecule has 30 heavy (non-hydrogen) atoms. The Balaban J connectivity index is 1.83. The first-order chi connectivity index (χ1) is 14.3. The number of benzene rings is 2. The molecule has 0 bridgehead atoms. The molecule has 2 aromatic carbocycles. The Kier molecular flexibility index (Phi) is 6.17. The van der Waals surface area contributed by atoms with Crippen molar-refractivity contribution in [2.75, 3.05) is 6.54 Å². The Morgan fingerprint density at radius 2 is 1.70 bits per heavy atom. The van der Waals surface area contributed by atoms with Gasteiger partial charge in [-0.1, -0.05) is 47.6 Å². The van der Waals surface area contributed by atoms with Crippen molar-refractivity contribution in [1.29, 1.82) is 0 Å². The Hall–Kier alpha value is -3.66. The van der Waals surface area contributed by atoms with Crippen molar-refractivity contribution in [1.82, 2.24) is 9.88 Å². The lowest BCUT2D eigenvalue weighted by atomic mass is 10.00. The number of nitrogens with one attached hydrogen (secondary N) is 1. The molecule has 3 rings (SSSR count). The molecule has 0 unspecified atom stereocenters. The first-order valence-electron chi connectivity index (χ1n) is 8.84. The van der Waals surface area contributed by atoms with Crippen molar-refractivity contribution in [2.45, 2.75) is 18.7 Å². The molecule has 3 aromatic rings. The number of carbonyl (C=O) groups excluding carboxylic acids is 2. The number of nitrogens with zero attached hydrogens (tertiary/aromatic N) is 3. The standard InChI is InChI=1S/C20H18N4O5S/c1-13-19(20(23-29-13)16-6-4-3-5-7-16)15-8-10-17(11-9-15)30(27,28)24-18(26)12-21-22-14(2)25/h3-11H,12H2,1-2H3,(H,24,26)/b22-21+. The van der Waals surface area contributed by atoms with E-state index >= 15 is 0 Å². The summed E-state index contributed by atoms with van der Waals surface area (Å²) in [6.45, 7) is 2.37. The van der Waals surface area contributed by atoms with Gasteiger partial charge >= 0.3 is 0 Å². The first-order valence-corrected chi connectivity index (χ1v) is 10.3. The summed E-state index contributed by atoms with van der Waals surface area (Å²) in [5.74, 6) is -0.890. The molecule has 1 heterocycles. The quantitative estimate of drug-likeness (QED) is 0.603. The lowest BCUT2D eigenvalue weighted by molar-refractivity contribution is -0.118. The van der Waals surface area contributed by atoms with E-state index in [4.69, 9.17) is 4.52 Å². The van der Waals surface area contributed by atoms with Crippen LogP contribution in [-0.2, 0) is 19.6 Å². The van der Waals surface area contributed by atoms with E-state index < -0.39 is 28.4 Å². The largest absolute Gasteiger partial charge is 0.360 e. The summed E-state index contributed by atoms with van der Waals surface area (Å²) in [5, 5.41) is 10.6. The van der Waals surface area contributed by atoms with E-state index in [1.165, 1.54) is 19.1 Å². The fourth-order valence-corrected chi connectivity index (χ4v) is 3.72. The summed E-state index contributed by atoms with van der Waals surface area (Å²) in [4.78, 5) is 22.3. The van der Waals surface area contributed by atoms with Crippen molar-refractivity contribution in [3.05, 3.63) is 60.4 Å². The molecule has 0 aliphatic rings. The third-order valence-corrected chi connectivity index (χ3v) is 5.43. The Morgan fingerprint density at radius 3 is 2.33 bits per heavy atom. The molecule has 0 aliphatic heterocycles. The molecule has 0 aliphatic carbocycles. The number of amides is 2. The van der Waals surface area contributed by atoms with Gasteiger partial charge in [0.15, 0.2) is 0 Å². The van der Waals surface area contributed by atoms with E-state index in [2.05, 4.69) is 15.4 Å². The minimum absolute atomic E-state index is 0.0986. The van der Waals surface area contributed by atoms with Crippen LogP contribution in [-0.4, -0.2) is 31.9 Å². The smallest absolute Gasteiger partial charge is 0.264 e. The van der Waals surface area contributed by atoms with Crippen LogP contribution in [0.2, 0.25) is 0 Å². The van der Waals surface area contributed by atoms with Gasteiger partial charge < -0.3 is 4.52 Å². The molecule has 0 atom stereocenters. The van der Waals surface area contributed by atoms with Gasteiger partial charge in [0.25, 0.3) is 21.8 Å². The number of hydrogen-bond acceptors (Lipinski definition) is 7. The van der Waals surface area contributed by atoms with Crippen LogP contribution in [0.25, 0.3) is 22.4 Å². The highest BCUT2D eigenvalue weighted by Crippen LogP contribution is 2.34. The van der Waals surface area contributed by atoms with Crippen LogP contribution in [0.15, 0.2) is 74.2 Å².